The second-order valence-corrected chi connectivity index (χ2v) is 4.45. The highest BCUT2D eigenvalue weighted by Crippen LogP contribution is 2.26. The smallest absolute Gasteiger partial charge is 0.145 e. The Bertz CT molecular complexity index is 535. The van der Waals surface area contributed by atoms with E-state index in [-0.39, 0.29) is 6.10 Å². The van der Waals surface area contributed by atoms with Gasteiger partial charge in [0.25, 0.3) is 0 Å². The van der Waals surface area contributed by atoms with Crippen molar-refractivity contribution in [2.24, 2.45) is 5.73 Å². The highest BCUT2D eigenvalue weighted by molar-refractivity contribution is 5.85. The van der Waals surface area contributed by atoms with Gasteiger partial charge in [0, 0.05) is 11.9 Å². The topological polar surface area (TPSA) is 48.1 Å². The van der Waals surface area contributed by atoms with Crippen LogP contribution in [-0.2, 0) is 6.54 Å². The first-order valence-corrected chi connectivity index (χ1v) is 5.87. The summed E-state index contributed by atoms with van der Waals surface area (Å²) >= 11 is 0. The quantitative estimate of drug-likeness (QED) is 0.882. The molecule has 0 saturated carbocycles. The van der Waals surface area contributed by atoms with Crippen LogP contribution in [0, 0.1) is 6.92 Å². The Balaban J connectivity index is 2.61. The third kappa shape index (κ3) is 2.39. The molecule has 3 heteroatoms. The van der Waals surface area contributed by atoms with Crippen LogP contribution in [0.4, 0.5) is 0 Å². The molecule has 0 spiro atoms. The first-order valence-electron chi connectivity index (χ1n) is 5.87. The van der Waals surface area contributed by atoms with Gasteiger partial charge in [-0.1, -0.05) is 12.1 Å². The number of fused-ring (bicyclic) bond motifs is 1. The van der Waals surface area contributed by atoms with Crippen molar-refractivity contribution in [3.05, 3.63) is 35.5 Å². The number of para-hydroxylation sites is 1. The molecule has 1 aromatic carbocycles. The molecule has 0 fully saturated rings. The van der Waals surface area contributed by atoms with Crippen LogP contribution in [0.1, 0.15) is 25.1 Å². The molecule has 1 heterocycles. The number of hydrogen-bond acceptors (Lipinski definition) is 3. The van der Waals surface area contributed by atoms with E-state index in [4.69, 9.17) is 10.5 Å². The molecule has 0 aliphatic carbocycles. The second kappa shape index (κ2) is 4.72. The van der Waals surface area contributed by atoms with Crippen molar-refractivity contribution in [2.75, 3.05) is 0 Å². The number of nitrogens with two attached hydrogens (primary N) is 1. The third-order valence-corrected chi connectivity index (χ3v) is 2.66. The van der Waals surface area contributed by atoms with Crippen LogP contribution in [0.25, 0.3) is 10.9 Å². The lowest BCUT2D eigenvalue weighted by Crippen LogP contribution is -2.07. The van der Waals surface area contributed by atoms with Crippen molar-refractivity contribution in [1.29, 1.82) is 0 Å². The van der Waals surface area contributed by atoms with Gasteiger partial charge in [-0.25, -0.2) is 4.98 Å². The molecule has 0 amide bonds. The van der Waals surface area contributed by atoms with Crippen LogP contribution < -0.4 is 10.5 Å². The fourth-order valence-electron chi connectivity index (χ4n) is 1.87. The molecule has 0 aliphatic heterocycles. The van der Waals surface area contributed by atoms with E-state index in [9.17, 15) is 0 Å². The summed E-state index contributed by atoms with van der Waals surface area (Å²) in [6, 6.07) is 8.09. The van der Waals surface area contributed by atoms with Gasteiger partial charge in [-0.3, -0.25) is 0 Å². The van der Waals surface area contributed by atoms with Gasteiger partial charge in [0.2, 0.25) is 0 Å². The molecule has 17 heavy (non-hydrogen) atoms. The van der Waals surface area contributed by atoms with Crippen LogP contribution in [0.15, 0.2) is 24.3 Å². The van der Waals surface area contributed by atoms with E-state index in [0.717, 1.165) is 27.9 Å². The number of rotatable bonds is 3. The molecule has 0 radical (unpaired) electrons. The van der Waals surface area contributed by atoms with Crippen molar-refractivity contribution in [1.82, 2.24) is 4.98 Å². The minimum atomic E-state index is 0.144. The highest BCUT2D eigenvalue weighted by atomic mass is 16.5. The number of aromatic nitrogens is 1. The molecule has 0 saturated heterocycles. The molecular formula is C14H18N2O. The van der Waals surface area contributed by atoms with Gasteiger partial charge in [0.15, 0.2) is 0 Å². The van der Waals surface area contributed by atoms with Crippen LogP contribution in [0.5, 0.6) is 5.75 Å². The minimum absolute atomic E-state index is 0.144. The Kier molecular flexibility index (Phi) is 3.29. The Morgan fingerprint density at radius 1 is 1.35 bits per heavy atom. The maximum absolute atomic E-state index is 5.76. The zero-order valence-electron chi connectivity index (χ0n) is 10.5. The summed E-state index contributed by atoms with van der Waals surface area (Å²) in [6.07, 6.45) is 0.144. The molecule has 0 unspecified atom stereocenters. The van der Waals surface area contributed by atoms with Crippen molar-refractivity contribution < 1.29 is 4.74 Å². The van der Waals surface area contributed by atoms with Crippen LogP contribution in [0.3, 0.4) is 0 Å². The van der Waals surface area contributed by atoms with Crippen molar-refractivity contribution in [3.63, 3.8) is 0 Å². The molecule has 2 N–H and O–H groups in total. The zero-order valence-corrected chi connectivity index (χ0v) is 10.5. The summed E-state index contributed by atoms with van der Waals surface area (Å²) in [7, 11) is 0. The number of ether oxygens (including phenoxy) is 1. The Morgan fingerprint density at radius 3 is 2.76 bits per heavy atom. The van der Waals surface area contributed by atoms with Crippen molar-refractivity contribution in [3.8, 4) is 5.75 Å². The molecule has 0 aliphatic rings. The van der Waals surface area contributed by atoms with Crippen LogP contribution in [0.2, 0.25) is 0 Å². The fraction of sp³-hybridized carbons (Fsp3) is 0.357. The van der Waals surface area contributed by atoms with Gasteiger partial charge in [-0.05, 0) is 38.5 Å². The van der Waals surface area contributed by atoms with E-state index < -0.39 is 0 Å². The standard InChI is InChI=1S/C14H18N2O/c1-9(2)17-13-6-4-5-11-7-10(3)12(8-15)16-14(11)13/h4-7,9H,8,15H2,1-3H3. The Hall–Kier alpha value is -1.61. The molecule has 2 rings (SSSR count). The van der Waals surface area contributed by atoms with Gasteiger partial charge in [0.1, 0.15) is 11.3 Å². The maximum atomic E-state index is 5.76. The predicted octanol–water partition coefficient (Wildman–Crippen LogP) is 2.79. The lowest BCUT2D eigenvalue weighted by atomic mass is 10.1. The minimum Gasteiger partial charge on any atom is -0.489 e. The second-order valence-electron chi connectivity index (χ2n) is 4.45. The first-order chi connectivity index (χ1) is 8.11. The number of aryl methyl sites for hydroxylation is 1. The normalized spacial score (nSPS) is 11.1. The lowest BCUT2D eigenvalue weighted by Gasteiger charge is -2.13. The lowest BCUT2D eigenvalue weighted by molar-refractivity contribution is 0.245. The molecular weight excluding hydrogens is 212 g/mol. The summed E-state index contributed by atoms with van der Waals surface area (Å²) in [5.74, 6) is 0.826. The van der Waals surface area contributed by atoms with Crippen LogP contribution in [-0.4, -0.2) is 11.1 Å². The molecule has 0 atom stereocenters. The summed E-state index contributed by atoms with van der Waals surface area (Å²) in [4.78, 5) is 4.60. The summed E-state index contributed by atoms with van der Waals surface area (Å²) in [5.41, 5.74) is 8.64. The number of benzene rings is 1. The van der Waals surface area contributed by atoms with Gasteiger partial charge in [-0.2, -0.15) is 0 Å². The average Bonchev–Trinajstić information content (AvgIpc) is 2.27. The SMILES string of the molecule is Cc1cc2cccc(OC(C)C)c2nc1CN. The van der Waals surface area contributed by atoms with Crippen molar-refractivity contribution in [2.45, 2.75) is 33.4 Å². The molecule has 0 bridgehead atoms. The number of nitrogens with zero attached hydrogens (tertiary/aromatic N) is 1. The highest BCUT2D eigenvalue weighted by Gasteiger charge is 2.08. The molecule has 3 nitrogen and oxygen atoms in total. The van der Waals surface area contributed by atoms with Gasteiger partial charge >= 0.3 is 0 Å². The first kappa shape index (κ1) is 11.9. The number of hydrogen-bond donors (Lipinski definition) is 1. The summed E-state index contributed by atoms with van der Waals surface area (Å²) in [5, 5.41) is 1.10. The van der Waals surface area contributed by atoms with Gasteiger partial charge in [0.05, 0.1) is 11.8 Å². The molecule has 2 aromatic rings. The van der Waals surface area contributed by atoms with Crippen molar-refractivity contribution >= 4 is 10.9 Å². The average molecular weight is 230 g/mol. The zero-order chi connectivity index (χ0) is 12.4. The summed E-state index contributed by atoms with van der Waals surface area (Å²) in [6.45, 7) is 6.51. The fourth-order valence-corrected chi connectivity index (χ4v) is 1.87. The molecule has 1 aromatic heterocycles. The monoisotopic (exact) mass is 230 g/mol. The van der Waals surface area contributed by atoms with E-state index in [0.29, 0.717) is 6.54 Å². The van der Waals surface area contributed by atoms with E-state index in [1.807, 2.05) is 39.0 Å². The summed E-state index contributed by atoms with van der Waals surface area (Å²) < 4.78 is 5.76. The van der Waals surface area contributed by atoms with E-state index in [1.165, 1.54) is 0 Å². The van der Waals surface area contributed by atoms with E-state index in [1.54, 1.807) is 0 Å². The van der Waals surface area contributed by atoms with E-state index in [2.05, 4.69) is 11.1 Å². The van der Waals surface area contributed by atoms with E-state index >= 15 is 0 Å². The Morgan fingerprint density at radius 2 is 2.12 bits per heavy atom. The number of pyridine rings is 1. The van der Waals surface area contributed by atoms with Crippen LogP contribution >= 0.6 is 0 Å². The Labute approximate surface area is 102 Å². The maximum Gasteiger partial charge on any atom is 0.145 e. The largest absolute Gasteiger partial charge is 0.489 e. The van der Waals surface area contributed by atoms with Gasteiger partial charge < -0.3 is 10.5 Å². The third-order valence-electron chi connectivity index (χ3n) is 2.66. The molecule has 90 valence electrons. The predicted molar refractivity (Wildman–Crippen MR) is 70.1 cm³/mol. The van der Waals surface area contributed by atoms with Gasteiger partial charge in [-0.15, -0.1) is 0 Å².